The van der Waals surface area contributed by atoms with Crippen molar-refractivity contribution < 1.29 is 22.0 Å². The van der Waals surface area contributed by atoms with Crippen molar-refractivity contribution in [1.82, 2.24) is 4.98 Å². The molecule has 0 saturated carbocycles. The average molecular weight is 394 g/mol. The third-order valence-electron chi connectivity index (χ3n) is 3.47. The zero-order valence-electron chi connectivity index (χ0n) is 13.4. The molecule has 0 bridgehead atoms. The lowest BCUT2D eigenvalue weighted by atomic mass is 10.1. The first kappa shape index (κ1) is 18.2. The molecule has 1 aromatic heterocycles. The third kappa shape index (κ3) is 3.94. The molecule has 0 aliphatic carbocycles. The van der Waals surface area contributed by atoms with Crippen LogP contribution < -0.4 is 5.32 Å². The van der Waals surface area contributed by atoms with Crippen LogP contribution >= 0.6 is 11.3 Å². The summed E-state index contributed by atoms with van der Waals surface area (Å²) in [5, 5.41) is 4.25. The van der Waals surface area contributed by atoms with E-state index in [2.05, 4.69) is 10.3 Å². The number of hydrogen-bond donors (Lipinski definition) is 1. The maximum Gasteiger partial charge on any atom is 0.257 e. The van der Waals surface area contributed by atoms with E-state index in [0.29, 0.717) is 0 Å². The van der Waals surface area contributed by atoms with Crippen molar-refractivity contribution in [2.75, 3.05) is 11.6 Å². The number of halogens is 2. The SMILES string of the molecule is CS(=O)(=O)c1ccc(C(=O)Nc2nc(-c3cc(F)ccc3F)cs2)cc1. The predicted octanol–water partition coefficient (Wildman–Crippen LogP) is 3.74. The van der Waals surface area contributed by atoms with Crippen LogP contribution in [0.5, 0.6) is 0 Å². The van der Waals surface area contributed by atoms with Gasteiger partial charge in [0.2, 0.25) is 0 Å². The molecule has 3 aromatic rings. The van der Waals surface area contributed by atoms with Gasteiger partial charge in [-0.3, -0.25) is 10.1 Å². The zero-order valence-corrected chi connectivity index (χ0v) is 15.0. The van der Waals surface area contributed by atoms with Gasteiger partial charge in [-0.05, 0) is 42.5 Å². The maximum atomic E-state index is 13.8. The third-order valence-corrected chi connectivity index (χ3v) is 5.36. The molecule has 5 nitrogen and oxygen atoms in total. The second-order valence-corrected chi connectivity index (χ2v) is 8.29. The average Bonchev–Trinajstić information content (AvgIpc) is 3.04. The molecule has 0 aliphatic heterocycles. The Morgan fingerprint density at radius 2 is 1.81 bits per heavy atom. The number of nitrogens with zero attached hydrogens (tertiary/aromatic N) is 1. The molecule has 1 N–H and O–H groups in total. The summed E-state index contributed by atoms with van der Waals surface area (Å²) in [5.74, 6) is -1.71. The highest BCUT2D eigenvalue weighted by molar-refractivity contribution is 7.90. The Labute approximate surface area is 152 Å². The highest BCUT2D eigenvalue weighted by Gasteiger charge is 2.14. The number of carbonyl (C=O) groups excluding carboxylic acids is 1. The minimum atomic E-state index is -3.35. The molecule has 0 fully saturated rings. The first-order valence-corrected chi connectivity index (χ1v) is 10.0. The molecule has 3 rings (SSSR count). The zero-order chi connectivity index (χ0) is 18.9. The van der Waals surface area contributed by atoms with Crippen molar-refractivity contribution in [2.24, 2.45) is 0 Å². The molecule has 0 spiro atoms. The van der Waals surface area contributed by atoms with Gasteiger partial charge in [-0.15, -0.1) is 11.3 Å². The summed E-state index contributed by atoms with van der Waals surface area (Å²) >= 11 is 1.06. The first-order valence-electron chi connectivity index (χ1n) is 7.26. The van der Waals surface area contributed by atoms with Crippen LogP contribution in [0, 0.1) is 11.6 Å². The second-order valence-electron chi connectivity index (χ2n) is 5.41. The number of nitrogens with one attached hydrogen (secondary N) is 1. The van der Waals surface area contributed by atoms with Crippen LogP contribution in [0.25, 0.3) is 11.3 Å². The second kappa shape index (κ2) is 6.93. The van der Waals surface area contributed by atoms with E-state index >= 15 is 0 Å². The van der Waals surface area contributed by atoms with Crippen LogP contribution in [0.4, 0.5) is 13.9 Å². The maximum absolute atomic E-state index is 13.8. The first-order chi connectivity index (χ1) is 12.2. The quantitative estimate of drug-likeness (QED) is 0.731. The van der Waals surface area contributed by atoms with E-state index in [9.17, 15) is 22.0 Å². The Balaban J connectivity index is 1.79. The predicted molar refractivity (Wildman–Crippen MR) is 95.0 cm³/mol. The molecule has 26 heavy (non-hydrogen) atoms. The number of rotatable bonds is 4. The molecule has 1 amide bonds. The van der Waals surface area contributed by atoms with E-state index in [-0.39, 0.29) is 26.8 Å². The molecule has 0 radical (unpaired) electrons. The summed E-state index contributed by atoms with van der Waals surface area (Å²) in [6.45, 7) is 0. The normalized spacial score (nSPS) is 11.3. The van der Waals surface area contributed by atoms with Gasteiger partial charge in [0, 0.05) is 22.8 Å². The molecule has 0 aliphatic rings. The number of thiazole rings is 1. The van der Waals surface area contributed by atoms with Crippen molar-refractivity contribution >= 4 is 32.2 Å². The van der Waals surface area contributed by atoms with Crippen molar-refractivity contribution in [3.8, 4) is 11.3 Å². The number of hydrogen-bond acceptors (Lipinski definition) is 5. The molecular formula is C17H12F2N2O3S2. The van der Waals surface area contributed by atoms with Gasteiger partial charge in [-0.25, -0.2) is 22.2 Å². The summed E-state index contributed by atoms with van der Waals surface area (Å²) < 4.78 is 49.9. The number of sulfone groups is 1. The Kier molecular flexibility index (Phi) is 4.84. The van der Waals surface area contributed by atoms with E-state index in [1.807, 2.05) is 0 Å². The van der Waals surface area contributed by atoms with Gasteiger partial charge < -0.3 is 0 Å². The van der Waals surface area contributed by atoms with Crippen LogP contribution in [0.2, 0.25) is 0 Å². The van der Waals surface area contributed by atoms with Gasteiger partial charge >= 0.3 is 0 Å². The molecule has 1 heterocycles. The molecule has 0 atom stereocenters. The molecule has 2 aromatic carbocycles. The van der Waals surface area contributed by atoms with Crippen molar-refractivity contribution in [2.45, 2.75) is 4.90 Å². The lowest BCUT2D eigenvalue weighted by Crippen LogP contribution is -2.12. The molecular weight excluding hydrogens is 382 g/mol. The minimum absolute atomic E-state index is 0.000690. The largest absolute Gasteiger partial charge is 0.298 e. The highest BCUT2D eigenvalue weighted by Crippen LogP contribution is 2.28. The van der Waals surface area contributed by atoms with Crippen molar-refractivity contribution in [1.29, 1.82) is 0 Å². The molecule has 9 heteroatoms. The number of aromatic nitrogens is 1. The van der Waals surface area contributed by atoms with Crippen LogP contribution in [-0.4, -0.2) is 25.6 Å². The van der Waals surface area contributed by atoms with Crippen LogP contribution in [0.3, 0.4) is 0 Å². The fraction of sp³-hybridized carbons (Fsp3) is 0.0588. The van der Waals surface area contributed by atoms with Gasteiger partial charge in [-0.2, -0.15) is 0 Å². The van der Waals surface area contributed by atoms with E-state index in [4.69, 9.17) is 0 Å². The molecule has 0 saturated heterocycles. The van der Waals surface area contributed by atoms with E-state index in [1.165, 1.54) is 29.6 Å². The van der Waals surface area contributed by atoms with E-state index in [0.717, 1.165) is 35.8 Å². The van der Waals surface area contributed by atoms with Crippen molar-refractivity contribution in [3.63, 3.8) is 0 Å². The smallest absolute Gasteiger partial charge is 0.257 e. The lowest BCUT2D eigenvalue weighted by molar-refractivity contribution is 0.102. The van der Waals surface area contributed by atoms with Gasteiger partial charge in [0.05, 0.1) is 10.6 Å². The van der Waals surface area contributed by atoms with Gasteiger partial charge in [0.1, 0.15) is 11.6 Å². The molecule has 0 unspecified atom stereocenters. The minimum Gasteiger partial charge on any atom is -0.298 e. The standard InChI is InChI=1S/C17H12F2N2O3S2/c1-26(23,24)12-5-2-10(3-6-12)16(22)21-17-20-15(9-25-17)13-8-11(18)4-7-14(13)19/h2-9H,1H3,(H,20,21,22). The topological polar surface area (TPSA) is 76.1 Å². The lowest BCUT2D eigenvalue weighted by Gasteiger charge is -2.03. The summed E-state index contributed by atoms with van der Waals surface area (Å²) in [5.41, 5.74) is 0.445. The van der Waals surface area contributed by atoms with E-state index < -0.39 is 27.4 Å². The van der Waals surface area contributed by atoms with Gasteiger partial charge in [-0.1, -0.05) is 0 Å². The Bertz CT molecular complexity index is 1080. The fourth-order valence-electron chi connectivity index (χ4n) is 2.17. The van der Waals surface area contributed by atoms with Gasteiger partial charge in [0.25, 0.3) is 5.91 Å². The highest BCUT2D eigenvalue weighted by atomic mass is 32.2. The Morgan fingerprint density at radius 3 is 2.46 bits per heavy atom. The van der Waals surface area contributed by atoms with Crippen LogP contribution in [0.1, 0.15) is 10.4 Å². The summed E-state index contributed by atoms with van der Waals surface area (Å²) in [7, 11) is -3.35. The van der Waals surface area contributed by atoms with Crippen molar-refractivity contribution in [3.05, 3.63) is 65.0 Å². The van der Waals surface area contributed by atoms with Crippen LogP contribution in [0.15, 0.2) is 52.7 Å². The van der Waals surface area contributed by atoms with E-state index in [1.54, 1.807) is 0 Å². The summed E-state index contributed by atoms with van der Waals surface area (Å²) in [4.78, 5) is 16.4. The number of amides is 1. The fourth-order valence-corrected chi connectivity index (χ4v) is 3.51. The summed E-state index contributed by atoms with van der Waals surface area (Å²) in [6, 6.07) is 8.47. The number of anilines is 1. The Morgan fingerprint density at radius 1 is 1.12 bits per heavy atom. The molecule has 134 valence electrons. The monoisotopic (exact) mass is 394 g/mol. The van der Waals surface area contributed by atoms with Gasteiger partial charge in [0.15, 0.2) is 15.0 Å². The number of carbonyl (C=O) groups is 1. The van der Waals surface area contributed by atoms with Crippen LogP contribution in [-0.2, 0) is 9.84 Å². The number of benzene rings is 2. The summed E-state index contributed by atoms with van der Waals surface area (Å²) in [6.07, 6.45) is 1.07. The Hall–Kier alpha value is -2.65.